The van der Waals surface area contributed by atoms with Gasteiger partial charge in [-0.25, -0.2) is 8.42 Å². The number of nitrogens with one attached hydrogen (secondary N) is 3. The Hall–Kier alpha value is -1.60. The molecule has 0 bridgehead atoms. The first-order valence-corrected chi connectivity index (χ1v) is 8.84. The third kappa shape index (κ3) is 3.95. The average Bonchev–Trinajstić information content (AvgIpc) is 2.87. The number of carbonyl (C=O) groups excluding carboxylic acids is 1. The summed E-state index contributed by atoms with van der Waals surface area (Å²) in [6.07, 6.45) is 2.68. The van der Waals surface area contributed by atoms with Gasteiger partial charge in [-0.15, -0.1) is 0 Å². The van der Waals surface area contributed by atoms with Crippen LogP contribution in [-0.2, 0) is 14.8 Å². The van der Waals surface area contributed by atoms with Crippen LogP contribution in [0.5, 0.6) is 0 Å². The summed E-state index contributed by atoms with van der Waals surface area (Å²) in [5.74, 6) is -0.0218. The lowest BCUT2D eigenvalue weighted by molar-refractivity contribution is -0.124. The minimum absolute atomic E-state index is 0.0218. The number of carbonyl (C=O) groups is 1. The molecule has 1 fully saturated rings. The molecule has 1 amide bonds. The molecule has 21 heavy (non-hydrogen) atoms. The van der Waals surface area contributed by atoms with E-state index in [0.29, 0.717) is 17.9 Å². The van der Waals surface area contributed by atoms with E-state index in [9.17, 15) is 13.2 Å². The molecule has 6 nitrogen and oxygen atoms in total. The van der Waals surface area contributed by atoms with Gasteiger partial charge in [0, 0.05) is 12.2 Å². The molecule has 1 saturated heterocycles. The molecule has 0 saturated carbocycles. The van der Waals surface area contributed by atoms with Crippen LogP contribution >= 0.6 is 0 Å². The Morgan fingerprint density at radius 2 is 2.10 bits per heavy atom. The third-order valence-electron chi connectivity index (χ3n) is 3.83. The standard InChI is InChI=1S/C14H21N3O3S/c1-3-14(7-8-15-10-14)13(18)16-11-5-4-6-12(9-11)17-21(2,19)20/h4-6,9,15,17H,3,7-8,10H2,1-2H3,(H,16,18). The van der Waals surface area contributed by atoms with Crippen molar-refractivity contribution in [2.75, 3.05) is 29.4 Å². The number of hydrogen-bond acceptors (Lipinski definition) is 4. The van der Waals surface area contributed by atoms with Crippen molar-refractivity contribution in [1.29, 1.82) is 0 Å². The quantitative estimate of drug-likeness (QED) is 0.767. The zero-order valence-corrected chi connectivity index (χ0v) is 13.1. The van der Waals surface area contributed by atoms with Crippen molar-refractivity contribution >= 4 is 27.3 Å². The van der Waals surface area contributed by atoms with Gasteiger partial charge in [-0.3, -0.25) is 9.52 Å². The Labute approximate surface area is 125 Å². The number of hydrogen-bond donors (Lipinski definition) is 3. The van der Waals surface area contributed by atoms with Crippen molar-refractivity contribution in [1.82, 2.24) is 5.32 Å². The van der Waals surface area contributed by atoms with Crippen molar-refractivity contribution in [3.05, 3.63) is 24.3 Å². The van der Waals surface area contributed by atoms with Gasteiger partial charge in [0.25, 0.3) is 0 Å². The van der Waals surface area contributed by atoms with Crippen LogP contribution in [0.25, 0.3) is 0 Å². The van der Waals surface area contributed by atoms with E-state index in [4.69, 9.17) is 0 Å². The summed E-state index contributed by atoms with van der Waals surface area (Å²) >= 11 is 0. The van der Waals surface area contributed by atoms with Gasteiger partial charge in [0.1, 0.15) is 0 Å². The predicted octanol–water partition coefficient (Wildman–Crippen LogP) is 1.39. The van der Waals surface area contributed by atoms with Crippen molar-refractivity contribution in [3.63, 3.8) is 0 Å². The average molecular weight is 311 g/mol. The first kappa shape index (κ1) is 15.8. The summed E-state index contributed by atoms with van der Waals surface area (Å²) in [5.41, 5.74) is 0.652. The Morgan fingerprint density at radius 1 is 1.38 bits per heavy atom. The van der Waals surface area contributed by atoms with Crippen LogP contribution in [0.2, 0.25) is 0 Å². The number of amides is 1. The fraction of sp³-hybridized carbons (Fsp3) is 0.500. The number of sulfonamides is 1. The van der Waals surface area contributed by atoms with Gasteiger partial charge >= 0.3 is 0 Å². The van der Waals surface area contributed by atoms with Crippen LogP contribution < -0.4 is 15.4 Å². The van der Waals surface area contributed by atoms with Gasteiger partial charge in [-0.1, -0.05) is 13.0 Å². The zero-order valence-electron chi connectivity index (χ0n) is 12.3. The van der Waals surface area contributed by atoms with E-state index in [1.54, 1.807) is 24.3 Å². The monoisotopic (exact) mass is 311 g/mol. The molecule has 1 aromatic rings. The third-order valence-corrected chi connectivity index (χ3v) is 4.43. The number of rotatable bonds is 5. The Morgan fingerprint density at radius 3 is 2.67 bits per heavy atom. The summed E-state index contributed by atoms with van der Waals surface area (Å²) in [5, 5.41) is 6.11. The maximum Gasteiger partial charge on any atom is 0.231 e. The highest BCUT2D eigenvalue weighted by Crippen LogP contribution is 2.31. The molecule has 0 aromatic heterocycles. The smallest absolute Gasteiger partial charge is 0.231 e. The SMILES string of the molecule is CCC1(C(=O)Nc2cccc(NS(C)(=O)=O)c2)CCNC1. The van der Waals surface area contributed by atoms with Crippen molar-refractivity contribution < 1.29 is 13.2 Å². The highest BCUT2D eigenvalue weighted by molar-refractivity contribution is 7.92. The highest BCUT2D eigenvalue weighted by Gasteiger charge is 2.39. The molecule has 116 valence electrons. The normalized spacial score (nSPS) is 22.0. The lowest BCUT2D eigenvalue weighted by atomic mass is 9.83. The molecule has 1 heterocycles. The number of benzene rings is 1. The van der Waals surface area contributed by atoms with E-state index < -0.39 is 10.0 Å². The largest absolute Gasteiger partial charge is 0.325 e. The van der Waals surface area contributed by atoms with Crippen molar-refractivity contribution in [2.45, 2.75) is 19.8 Å². The molecule has 1 aliphatic rings. The summed E-state index contributed by atoms with van der Waals surface area (Å²) in [7, 11) is -3.33. The van der Waals surface area contributed by atoms with Crippen LogP contribution in [0, 0.1) is 5.41 Å². The molecule has 1 aromatic carbocycles. The molecule has 3 N–H and O–H groups in total. The van der Waals surface area contributed by atoms with Crippen molar-refractivity contribution in [3.8, 4) is 0 Å². The van der Waals surface area contributed by atoms with Gasteiger partial charge in [0.15, 0.2) is 0 Å². The van der Waals surface area contributed by atoms with E-state index in [-0.39, 0.29) is 11.3 Å². The molecule has 7 heteroatoms. The van der Waals surface area contributed by atoms with Crippen LogP contribution in [-0.4, -0.2) is 33.7 Å². The fourth-order valence-electron chi connectivity index (χ4n) is 2.54. The zero-order chi connectivity index (χ0) is 15.5. The minimum Gasteiger partial charge on any atom is -0.325 e. The van der Waals surface area contributed by atoms with E-state index >= 15 is 0 Å². The molecule has 2 rings (SSSR count). The molecule has 0 aliphatic carbocycles. The van der Waals surface area contributed by atoms with Crippen LogP contribution in [0.1, 0.15) is 19.8 Å². The van der Waals surface area contributed by atoms with Crippen LogP contribution in [0.15, 0.2) is 24.3 Å². The first-order valence-electron chi connectivity index (χ1n) is 6.95. The second-order valence-electron chi connectivity index (χ2n) is 5.47. The predicted molar refractivity (Wildman–Crippen MR) is 83.7 cm³/mol. The van der Waals surface area contributed by atoms with Crippen LogP contribution in [0.3, 0.4) is 0 Å². The summed E-state index contributed by atoms with van der Waals surface area (Å²) in [6.45, 7) is 3.53. The topological polar surface area (TPSA) is 87.3 Å². The lowest BCUT2D eigenvalue weighted by Gasteiger charge is -2.25. The molecule has 0 spiro atoms. The second-order valence-corrected chi connectivity index (χ2v) is 7.22. The molecule has 0 radical (unpaired) electrons. The molecule has 1 aliphatic heterocycles. The second kappa shape index (κ2) is 6.03. The summed E-state index contributed by atoms with van der Waals surface area (Å²) < 4.78 is 24.9. The summed E-state index contributed by atoms with van der Waals surface area (Å²) in [4.78, 5) is 12.5. The molecular weight excluding hydrogens is 290 g/mol. The van der Waals surface area contributed by atoms with E-state index in [1.807, 2.05) is 6.92 Å². The number of anilines is 2. The van der Waals surface area contributed by atoms with E-state index in [0.717, 1.165) is 25.6 Å². The maximum absolute atomic E-state index is 12.5. The lowest BCUT2D eigenvalue weighted by Crippen LogP contribution is -2.37. The Bertz CT molecular complexity index is 622. The maximum atomic E-state index is 12.5. The van der Waals surface area contributed by atoms with Gasteiger partial charge in [-0.2, -0.15) is 0 Å². The van der Waals surface area contributed by atoms with Gasteiger partial charge in [-0.05, 0) is 37.6 Å². The van der Waals surface area contributed by atoms with Crippen LogP contribution in [0.4, 0.5) is 11.4 Å². The molecular formula is C14H21N3O3S. The Kier molecular flexibility index (Phi) is 4.53. The fourth-order valence-corrected chi connectivity index (χ4v) is 3.09. The van der Waals surface area contributed by atoms with Gasteiger partial charge < -0.3 is 10.6 Å². The highest BCUT2D eigenvalue weighted by atomic mass is 32.2. The van der Waals surface area contributed by atoms with Gasteiger partial charge in [0.2, 0.25) is 15.9 Å². The molecule has 1 atom stereocenters. The minimum atomic E-state index is -3.33. The van der Waals surface area contributed by atoms with E-state index in [1.165, 1.54) is 0 Å². The van der Waals surface area contributed by atoms with Gasteiger partial charge in [0.05, 0.1) is 17.4 Å². The first-order chi connectivity index (χ1) is 9.85. The Balaban J connectivity index is 2.12. The van der Waals surface area contributed by atoms with E-state index in [2.05, 4.69) is 15.4 Å². The summed E-state index contributed by atoms with van der Waals surface area (Å²) in [6, 6.07) is 6.71. The molecule has 1 unspecified atom stereocenters. The van der Waals surface area contributed by atoms with Crippen molar-refractivity contribution in [2.24, 2.45) is 5.41 Å².